The van der Waals surface area contributed by atoms with Crippen LogP contribution >= 0.6 is 11.3 Å². The van der Waals surface area contributed by atoms with Gasteiger partial charge >= 0.3 is 0 Å². The van der Waals surface area contributed by atoms with Crippen LogP contribution < -0.4 is 0 Å². The molecule has 3 aromatic heterocycles. The fraction of sp³-hybridized carbons (Fsp3) is 0.350. The summed E-state index contributed by atoms with van der Waals surface area (Å²) in [5.74, 6) is 0.968. The van der Waals surface area contributed by atoms with Gasteiger partial charge in [0.15, 0.2) is 0 Å². The Balaban J connectivity index is 1.53. The summed E-state index contributed by atoms with van der Waals surface area (Å²) in [4.78, 5) is 6.98. The topological polar surface area (TPSA) is 30.3 Å². The fourth-order valence-electron chi connectivity index (χ4n) is 3.40. The van der Waals surface area contributed by atoms with E-state index in [1.807, 2.05) is 24.4 Å². The molecule has 25 heavy (non-hydrogen) atoms. The summed E-state index contributed by atoms with van der Waals surface area (Å²) < 4.78 is 8.06. The van der Waals surface area contributed by atoms with Crippen LogP contribution in [0.5, 0.6) is 0 Å². The third-order valence-electron chi connectivity index (χ3n) is 4.59. The van der Waals surface area contributed by atoms with Crippen molar-refractivity contribution in [3.05, 3.63) is 70.8 Å². The molecular weight excluding hydrogens is 330 g/mol. The number of thiophene rings is 1. The summed E-state index contributed by atoms with van der Waals surface area (Å²) in [6.45, 7) is 3.72. The van der Waals surface area contributed by atoms with E-state index in [0.717, 1.165) is 32.1 Å². The molecule has 1 atom stereocenters. The van der Waals surface area contributed by atoms with Gasteiger partial charge in [-0.3, -0.25) is 4.90 Å². The van der Waals surface area contributed by atoms with Crippen molar-refractivity contribution >= 4 is 11.3 Å². The maximum atomic E-state index is 5.88. The average Bonchev–Trinajstić information content (AvgIpc) is 3.38. The van der Waals surface area contributed by atoms with Gasteiger partial charge in [0, 0.05) is 44.3 Å². The molecule has 0 aromatic carbocycles. The molecule has 1 aliphatic rings. The molecule has 0 radical (unpaired) electrons. The SMILES string of the molecule is c1ccc(-n2cccc2CN(Cc2ccsc2)C[C@@H]2CCCO2)nc1. The molecule has 4 heterocycles. The van der Waals surface area contributed by atoms with E-state index in [9.17, 15) is 0 Å². The number of pyridine rings is 1. The lowest BCUT2D eigenvalue weighted by atomic mass is 10.2. The Morgan fingerprint density at radius 3 is 2.96 bits per heavy atom. The van der Waals surface area contributed by atoms with Gasteiger partial charge in [0.2, 0.25) is 0 Å². The molecule has 0 unspecified atom stereocenters. The second kappa shape index (κ2) is 7.95. The maximum absolute atomic E-state index is 5.88. The van der Waals surface area contributed by atoms with Gasteiger partial charge in [-0.1, -0.05) is 6.07 Å². The molecule has 0 saturated carbocycles. The van der Waals surface area contributed by atoms with Crippen molar-refractivity contribution in [1.29, 1.82) is 0 Å². The van der Waals surface area contributed by atoms with E-state index in [-0.39, 0.29) is 0 Å². The van der Waals surface area contributed by atoms with Crippen LogP contribution in [0.15, 0.2) is 59.6 Å². The standard InChI is InChI=1S/C20H23N3OS/c1-2-9-21-20(7-1)23-10-3-5-18(23)14-22(13-17-8-12-25-16-17)15-19-6-4-11-24-19/h1-3,5,7-10,12,16,19H,4,6,11,13-15H2/t19-/m0/s1. The summed E-state index contributed by atoms with van der Waals surface area (Å²) in [7, 11) is 0. The molecule has 0 spiro atoms. The number of nitrogens with zero attached hydrogens (tertiary/aromatic N) is 3. The van der Waals surface area contributed by atoms with E-state index >= 15 is 0 Å². The van der Waals surface area contributed by atoms with Gasteiger partial charge in [0.1, 0.15) is 5.82 Å². The Hall–Kier alpha value is -1.95. The molecule has 3 aromatic rings. The molecule has 1 saturated heterocycles. The fourth-order valence-corrected chi connectivity index (χ4v) is 4.06. The molecule has 0 aliphatic carbocycles. The van der Waals surface area contributed by atoms with Crippen molar-refractivity contribution in [3.63, 3.8) is 0 Å². The Morgan fingerprint density at radius 1 is 1.20 bits per heavy atom. The van der Waals surface area contributed by atoms with Gasteiger partial charge in [-0.05, 0) is 59.5 Å². The van der Waals surface area contributed by atoms with E-state index in [4.69, 9.17) is 4.74 Å². The number of hydrogen-bond donors (Lipinski definition) is 0. The van der Waals surface area contributed by atoms with Gasteiger partial charge in [-0.15, -0.1) is 0 Å². The number of rotatable bonds is 7. The lowest BCUT2D eigenvalue weighted by Crippen LogP contribution is -2.32. The first-order valence-electron chi connectivity index (χ1n) is 8.81. The van der Waals surface area contributed by atoms with E-state index in [2.05, 4.69) is 49.6 Å². The van der Waals surface area contributed by atoms with Crippen molar-refractivity contribution in [2.45, 2.75) is 32.0 Å². The minimum Gasteiger partial charge on any atom is -0.377 e. The second-order valence-corrected chi connectivity index (χ2v) is 7.27. The average molecular weight is 353 g/mol. The summed E-state index contributed by atoms with van der Waals surface area (Å²) in [5, 5.41) is 4.39. The predicted molar refractivity (Wildman–Crippen MR) is 101 cm³/mol. The third kappa shape index (κ3) is 4.18. The number of ether oxygens (including phenoxy) is 1. The van der Waals surface area contributed by atoms with E-state index < -0.39 is 0 Å². The number of hydrogen-bond acceptors (Lipinski definition) is 4. The zero-order valence-electron chi connectivity index (χ0n) is 14.3. The van der Waals surface area contributed by atoms with Crippen molar-refractivity contribution in [2.24, 2.45) is 0 Å². The molecule has 5 heteroatoms. The molecule has 130 valence electrons. The molecule has 0 amide bonds. The van der Waals surface area contributed by atoms with Crippen LogP contribution in [0.1, 0.15) is 24.1 Å². The zero-order valence-corrected chi connectivity index (χ0v) is 15.1. The van der Waals surface area contributed by atoms with Crippen LogP contribution in [-0.4, -0.2) is 33.7 Å². The summed E-state index contributed by atoms with van der Waals surface area (Å²) in [6.07, 6.45) is 6.64. The zero-order chi connectivity index (χ0) is 16.9. The Labute approximate surface area is 152 Å². The van der Waals surface area contributed by atoms with E-state index in [1.54, 1.807) is 11.3 Å². The smallest absolute Gasteiger partial charge is 0.136 e. The van der Waals surface area contributed by atoms with Crippen LogP contribution in [0, 0.1) is 0 Å². The van der Waals surface area contributed by atoms with Crippen molar-refractivity contribution in [3.8, 4) is 5.82 Å². The first kappa shape index (κ1) is 16.5. The van der Waals surface area contributed by atoms with Crippen LogP contribution in [0.25, 0.3) is 5.82 Å². The molecule has 0 bridgehead atoms. The van der Waals surface area contributed by atoms with E-state index in [0.29, 0.717) is 6.10 Å². The molecular formula is C20H23N3OS. The van der Waals surface area contributed by atoms with Gasteiger partial charge < -0.3 is 9.30 Å². The van der Waals surface area contributed by atoms with Gasteiger partial charge in [0.05, 0.1) is 6.10 Å². The monoisotopic (exact) mass is 353 g/mol. The highest BCUT2D eigenvalue weighted by molar-refractivity contribution is 7.07. The summed E-state index contributed by atoms with van der Waals surface area (Å²) in [6, 6.07) is 12.5. The van der Waals surface area contributed by atoms with Crippen molar-refractivity contribution in [1.82, 2.24) is 14.5 Å². The number of aromatic nitrogens is 2. The predicted octanol–water partition coefficient (Wildman–Crippen LogP) is 4.12. The largest absolute Gasteiger partial charge is 0.377 e. The quantitative estimate of drug-likeness (QED) is 0.640. The molecule has 4 rings (SSSR count). The minimum atomic E-state index is 0.358. The minimum absolute atomic E-state index is 0.358. The lowest BCUT2D eigenvalue weighted by Gasteiger charge is -2.25. The van der Waals surface area contributed by atoms with Gasteiger partial charge in [0.25, 0.3) is 0 Å². The van der Waals surface area contributed by atoms with Crippen molar-refractivity contribution in [2.75, 3.05) is 13.2 Å². The van der Waals surface area contributed by atoms with Gasteiger partial charge in [-0.2, -0.15) is 11.3 Å². The lowest BCUT2D eigenvalue weighted by molar-refractivity contribution is 0.0673. The van der Waals surface area contributed by atoms with Crippen LogP contribution in [0.3, 0.4) is 0 Å². The highest BCUT2D eigenvalue weighted by Gasteiger charge is 2.20. The van der Waals surface area contributed by atoms with Crippen LogP contribution in [0.2, 0.25) is 0 Å². The Bertz CT molecular complexity index is 763. The highest BCUT2D eigenvalue weighted by Crippen LogP contribution is 2.19. The molecule has 4 nitrogen and oxygen atoms in total. The Kier molecular flexibility index (Phi) is 5.25. The molecule has 0 N–H and O–H groups in total. The van der Waals surface area contributed by atoms with Crippen LogP contribution in [0.4, 0.5) is 0 Å². The Morgan fingerprint density at radius 2 is 2.20 bits per heavy atom. The first-order chi connectivity index (χ1) is 12.4. The third-order valence-corrected chi connectivity index (χ3v) is 5.32. The van der Waals surface area contributed by atoms with Crippen molar-refractivity contribution < 1.29 is 4.74 Å². The summed E-state index contributed by atoms with van der Waals surface area (Å²) >= 11 is 1.76. The second-order valence-electron chi connectivity index (χ2n) is 6.49. The van der Waals surface area contributed by atoms with Crippen LogP contribution in [-0.2, 0) is 17.8 Å². The summed E-state index contributed by atoms with van der Waals surface area (Å²) in [5.41, 5.74) is 2.63. The van der Waals surface area contributed by atoms with E-state index in [1.165, 1.54) is 24.1 Å². The van der Waals surface area contributed by atoms with Gasteiger partial charge in [-0.25, -0.2) is 4.98 Å². The normalized spacial score (nSPS) is 17.4. The molecule has 1 aliphatic heterocycles. The maximum Gasteiger partial charge on any atom is 0.136 e. The molecule has 1 fully saturated rings. The highest BCUT2D eigenvalue weighted by atomic mass is 32.1. The first-order valence-corrected chi connectivity index (χ1v) is 9.75.